The molecule has 0 saturated carbocycles. The van der Waals surface area contributed by atoms with Crippen LogP contribution in [0.25, 0.3) is 0 Å². The number of aromatic nitrogens is 1. The number of hydrogen-bond donors (Lipinski definition) is 1. The van der Waals surface area contributed by atoms with Gasteiger partial charge in [0.15, 0.2) is 0 Å². The van der Waals surface area contributed by atoms with Gasteiger partial charge in [0.2, 0.25) is 0 Å². The van der Waals surface area contributed by atoms with E-state index in [9.17, 15) is 4.79 Å². The van der Waals surface area contributed by atoms with Crippen LogP contribution in [-0.2, 0) is 6.54 Å². The first-order chi connectivity index (χ1) is 10.3. The fourth-order valence-corrected chi connectivity index (χ4v) is 2.93. The molecule has 0 aliphatic carbocycles. The minimum Gasteiger partial charge on any atom is -0.332 e. The SMILES string of the molecule is NCc1cccc(C(=O)N2CCCC2c2cccnc2)c1. The molecule has 2 aromatic rings. The van der Waals surface area contributed by atoms with Gasteiger partial charge in [-0.15, -0.1) is 0 Å². The summed E-state index contributed by atoms with van der Waals surface area (Å²) in [5.74, 6) is 0.0802. The van der Waals surface area contributed by atoms with Gasteiger partial charge in [-0.05, 0) is 42.2 Å². The summed E-state index contributed by atoms with van der Waals surface area (Å²) < 4.78 is 0. The van der Waals surface area contributed by atoms with E-state index in [-0.39, 0.29) is 11.9 Å². The van der Waals surface area contributed by atoms with Crippen molar-refractivity contribution >= 4 is 5.91 Å². The van der Waals surface area contributed by atoms with Crippen LogP contribution < -0.4 is 5.73 Å². The number of nitrogens with zero attached hydrogens (tertiary/aromatic N) is 2. The maximum absolute atomic E-state index is 12.8. The number of benzene rings is 1. The van der Waals surface area contributed by atoms with Gasteiger partial charge in [-0.2, -0.15) is 0 Å². The zero-order valence-electron chi connectivity index (χ0n) is 11.9. The monoisotopic (exact) mass is 281 g/mol. The second-order valence-electron chi connectivity index (χ2n) is 5.35. The lowest BCUT2D eigenvalue weighted by atomic mass is 10.1. The maximum atomic E-state index is 12.8. The van der Waals surface area contributed by atoms with Crippen molar-refractivity contribution in [1.82, 2.24) is 9.88 Å². The number of hydrogen-bond acceptors (Lipinski definition) is 3. The molecule has 1 unspecified atom stereocenters. The lowest BCUT2D eigenvalue weighted by Gasteiger charge is -2.25. The minimum absolute atomic E-state index is 0.0802. The molecule has 4 nitrogen and oxygen atoms in total. The molecule has 2 N–H and O–H groups in total. The number of carbonyl (C=O) groups excluding carboxylic acids is 1. The zero-order valence-corrected chi connectivity index (χ0v) is 11.9. The summed E-state index contributed by atoms with van der Waals surface area (Å²) in [5, 5.41) is 0. The molecule has 4 heteroatoms. The summed E-state index contributed by atoms with van der Waals surface area (Å²) in [6.45, 7) is 1.25. The van der Waals surface area contributed by atoms with Crippen LogP contribution in [0.1, 0.15) is 40.4 Å². The average Bonchev–Trinajstić information content (AvgIpc) is 3.04. The molecule has 1 aliphatic heterocycles. The molecule has 1 atom stereocenters. The highest BCUT2D eigenvalue weighted by atomic mass is 16.2. The second-order valence-corrected chi connectivity index (χ2v) is 5.35. The van der Waals surface area contributed by atoms with Crippen molar-refractivity contribution in [3.05, 3.63) is 65.5 Å². The van der Waals surface area contributed by atoms with E-state index in [4.69, 9.17) is 5.73 Å². The smallest absolute Gasteiger partial charge is 0.254 e. The minimum atomic E-state index is 0.0802. The summed E-state index contributed by atoms with van der Waals surface area (Å²) >= 11 is 0. The van der Waals surface area contributed by atoms with Crippen LogP contribution in [0.15, 0.2) is 48.8 Å². The predicted molar refractivity (Wildman–Crippen MR) is 81.6 cm³/mol. The van der Waals surface area contributed by atoms with Crippen LogP contribution in [0.2, 0.25) is 0 Å². The topological polar surface area (TPSA) is 59.2 Å². The van der Waals surface area contributed by atoms with Crippen LogP contribution in [0.3, 0.4) is 0 Å². The molecule has 0 spiro atoms. The van der Waals surface area contributed by atoms with E-state index in [2.05, 4.69) is 4.98 Å². The van der Waals surface area contributed by atoms with Crippen molar-refractivity contribution in [2.24, 2.45) is 5.73 Å². The molecule has 1 fully saturated rings. The van der Waals surface area contributed by atoms with Gasteiger partial charge in [0.05, 0.1) is 6.04 Å². The van der Waals surface area contributed by atoms with Crippen LogP contribution in [0, 0.1) is 0 Å². The highest BCUT2D eigenvalue weighted by Crippen LogP contribution is 2.32. The largest absolute Gasteiger partial charge is 0.332 e. The van der Waals surface area contributed by atoms with Gasteiger partial charge in [-0.25, -0.2) is 0 Å². The molecule has 1 amide bonds. The molecule has 1 aromatic carbocycles. The molecule has 3 rings (SSSR count). The predicted octanol–water partition coefficient (Wildman–Crippen LogP) is 2.52. The Morgan fingerprint density at radius 3 is 3.00 bits per heavy atom. The van der Waals surface area contributed by atoms with E-state index in [1.54, 1.807) is 6.20 Å². The van der Waals surface area contributed by atoms with E-state index in [1.165, 1.54) is 0 Å². The summed E-state index contributed by atoms with van der Waals surface area (Å²) in [7, 11) is 0. The van der Waals surface area contributed by atoms with E-state index < -0.39 is 0 Å². The Morgan fingerprint density at radius 1 is 1.33 bits per heavy atom. The maximum Gasteiger partial charge on any atom is 0.254 e. The Balaban J connectivity index is 1.86. The Bertz CT molecular complexity index is 627. The zero-order chi connectivity index (χ0) is 14.7. The van der Waals surface area contributed by atoms with Crippen LogP contribution >= 0.6 is 0 Å². The van der Waals surface area contributed by atoms with Crippen LogP contribution in [-0.4, -0.2) is 22.3 Å². The number of carbonyl (C=O) groups is 1. The molecule has 108 valence electrons. The standard InChI is InChI=1S/C17H19N3O/c18-11-13-4-1-5-14(10-13)17(21)20-9-3-7-16(20)15-6-2-8-19-12-15/h1-2,4-6,8,10,12,16H,3,7,9,11,18H2. The van der Waals surface area contributed by atoms with Crippen molar-refractivity contribution in [3.8, 4) is 0 Å². The number of rotatable bonds is 3. The van der Waals surface area contributed by atoms with Crippen molar-refractivity contribution in [1.29, 1.82) is 0 Å². The summed E-state index contributed by atoms with van der Waals surface area (Å²) in [4.78, 5) is 18.9. The Kier molecular flexibility index (Phi) is 3.97. The van der Waals surface area contributed by atoms with Gasteiger partial charge in [0.25, 0.3) is 5.91 Å². The van der Waals surface area contributed by atoms with Crippen LogP contribution in [0.4, 0.5) is 0 Å². The molecule has 21 heavy (non-hydrogen) atoms. The fourth-order valence-electron chi connectivity index (χ4n) is 2.93. The summed E-state index contributed by atoms with van der Waals surface area (Å²) in [6, 6.07) is 11.7. The van der Waals surface area contributed by atoms with Gasteiger partial charge in [0, 0.05) is 31.0 Å². The highest BCUT2D eigenvalue weighted by Gasteiger charge is 2.30. The fraction of sp³-hybridized carbons (Fsp3) is 0.294. The third-order valence-corrected chi connectivity index (χ3v) is 3.99. The first kappa shape index (κ1) is 13.8. The van der Waals surface area contributed by atoms with Crippen molar-refractivity contribution in [2.75, 3.05) is 6.54 Å². The van der Waals surface area contributed by atoms with Gasteiger partial charge in [0.1, 0.15) is 0 Å². The normalized spacial score (nSPS) is 18.0. The highest BCUT2D eigenvalue weighted by molar-refractivity contribution is 5.94. The summed E-state index contributed by atoms with van der Waals surface area (Å²) in [5.41, 5.74) is 8.47. The average molecular weight is 281 g/mol. The lowest BCUT2D eigenvalue weighted by Crippen LogP contribution is -2.30. The number of pyridine rings is 1. The van der Waals surface area contributed by atoms with Crippen molar-refractivity contribution < 1.29 is 4.79 Å². The van der Waals surface area contributed by atoms with Gasteiger partial charge < -0.3 is 10.6 Å². The molecular weight excluding hydrogens is 262 g/mol. The van der Waals surface area contributed by atoms with Gasteiger partial charge in [-0.1, -0.05) is 18.2 Å². The molecular formula is C17H19N3O. The van der Waals surface area contributed by atoms with E-state index in [0.29, 0.717) is 12.1 Å². The molecule has 2 heterocycles. The molecule has 1 saturated heterocycles. The first-order valence-corrected chi connectivity index (χ1v) is 7.29. The number of likely N-dealkylation sites (tertiary alicyclic amines) is 1. The quantitative estimate of drug-likeness (QED) is 0.940. The van der Waals surface area contributed by atoms with E-state index in [1.807, 2.05) is 47.5 Å². The third kappa shape index (κ3) is 2.81. The Labute approximate surface area is 124 Å². The van der Waals surface area contributed by atoms with E-state index in [0.717, 1.165) is 30.5 Å². The van der Waals surface area contributed by atoms with Gasteiger partial charge >= 0.3 is 0 Å². The number of nitrogens with two attached hydrogens (primary N) is 1. The molecule has 1 aromatic heterocycles. The lowest BCUT2D eigenvalue weighted by molar-refractivity contribution is 0.0735. The second kappa shape index (κ2) is 6.06. The van der Waals surface area contributed by atoms with Crippen molar-refractivity contribution in [2.45, 2.75) is 25.4 Å². The number of amides is 1. The Hall–Kier alpha value is -2.20. The summed E-state index contributed by atoms with van der Waals surface area (Å²) in [6.07, 6.45) is 5.64. The Morgan fingerprint density at radius 2 is 2.24 bits per heavy atom. The third-order valence-electron chi connectivity index (χ3n) is 3.99. The molecule has 0 bridgehead atoms. The van der Waals surface area contributed by atoms with E-state index >= 15 is 0 Å². The first-order valence-electron chi connectivity index (χ1n) is 7.29. The molecule has 1 aliphatic rings. The molecule has 0 radical (unpaired) electrons. The van der Waals surface area contributed by atoms with Crippen LogP contribution in [0.5, 0.6) is 0 Å². The van der Waals surface area contributed by atoms with Gasteiger partial charge in [-0.3, -0.25) is 9.78 Å². The van der Waals surface area contributed by atoms with Crippen molar-refractivity contribution in [3.63, 3.8) is 0 Å².